The van der Waals surface area contributed by atoms with Crippen molar-refractivity contribution in [3.8, 4) is 16.2 Å². The molecule has 0 aliphatic rings. The third-order valence-corrected chi connectivity index (χ3v) is 6.29. The van der Waals surface area contributed by atoms with Gasteiger partial charge in [-0.25, -0.2) is 9.59 Å². The molecule has 0 aliphatic heterocycles. The van der Waals surface area contributed by atoms with Crippen LogP contribution in [-0.4, -0.2) is 31.3 Å². The number of ether oxygens (including phenoxy) is 2. The highest BCUT2D eigenvalue weighted by Crippen LogP contribution is 2.47. The number of esters is 2. The lowest BCUT2D eigenvalue weighted by Gasteiger charge is -2.15. The van der Waals surface area contributed by atoms with Crippen LogP contribution in [0.1, 0.15) is 20.7 Å². The van der Waals surface area contributed by atoms with E-state index in [2.05, 4.69) is 15.9 Å². The van der Waals surface area contributed by atoms with Crippen LogP contribution >= 0.6 is 38.6 Å². The van der Waals surface area contributed by atoms with Gasteiger partial charge in [-0.3, -0.25) is 0 Å². The summed E-state index contributed by atoms with van der Waals surface area (Å²) >= 11 is 5.99. The van der Waals surface area contributed by atoms with Crippen molar-refractivity contribution in [1.82, 2.24) is 0 Å². The summed E-state index contributed by atoms with van der Waals surface area (Å²) in [5.74, 6) is -1.50. The monoisotopic (exact) mass is 426 g/mol. The number of rotatable bonds is 3. The number of methoxy groups -OCH3 is 2. The lowest BCUT2D eigenvalue weighted by molar-refractivity contribution is 0.0599. The van der Waals surface area contributed by atoms with Gasteiger partial charge >= 0.3 is 11.9 Å². The summed E-state index contributed by atoms with van der Waals surface area (Å²) in [6.07, 6.45) is 0. The molecule has 5 nitrogen and oxygen atoms in total. The molecule has 1 N–H and O–H groups in total. The molecule has 3 rings (SSSR count). The van der Waals surface area contributed by atoms with Gasteiger partial charge in [-0.05, 0) is 38.8 Å². The molecule has 0 radical (unpaired) electrons. The summed E-state index contributed by atoms with van der Waals surface area (Å²) in [7, 11) is 2.50. The Kier molecular flexibility index (Phi) is 4.62. The summed E-state index contributed by atoms with van der Waals surface area (Å²) in [4.78, 5) is 25.5. The Bertz CT molecular complexity index is 957. The molecule has 3 aromatic rings. The topological polar surface area (TPSA) is 72.8 Å². The third kappa shape index (κ3) is 2.51. The normalized spacial score (nSPS) is 10.8. The number of phenols is 1. The number of benzene rings is 1. The summed E-state index contributed by atoms with van der Waals surface area (Å²) < 4.78 is 10.9. The maximum absolute atomic E-state index is 12.5. The summed E-state index contributed by atoms with van der Waals surface area (Å²) in [6, 6.07) is 3.52. The fraction of sp³-hybridized carbons (Fsp3) is 0.125. The molecule has 0 spiro atoms. The van der Waals surface area contributed by atoms with Gasteiger partial charge in [-0.1, -0.05) is 0 Å². The minimum absolute atomic E-state index is 0.0454. The Morgan fingerprint density at radius 3 is 2.25 bits per heavy atom. The Hall–Kier alpha value is -1.90. The quantitative estimate of drug-likeness (QED) is 0.615. The zero-order valence-electron chi connectivity index (χ0n) is 12.6. The third-order valence-electron chi connectivity index (χ3n) is 3.51. The first kappa shape index (κ1) is 16.9. The first-order valence-electron chi connectivity index (χ1n) is 6.67. The molecular weight excluding hydrogens is 416 g/mol. The number of phenolic OH excluding ortho intramolecular Hbond substituents is 1. The minimum Gasteiger partial charge on any atom is -0.506 e. The van der Waals surface area contributed by atoms with E-state index in [1.54, 1.807) is 17.5 Å². The summed E-state index contributed by atoms with van der Waals surface area (Å²) in [6.45, 7) is 0. The van der Waals surface area contributed by atoms with Crippen LogP contribution in [0.3, 0.4) is 0 Å². The van der Waals surface area contributed by atoms with Crippen LogP contribution in [0.15, 0.2) is 27.4 Å². The molecule has 1 aromatic carbocycles. The predicted octanol–water partition coefficient (Wildman–Crippen LogP) is 4.67. The van der Waals surface area contributed by atoms with Crippen LogP contribution in [0.25, 0.3) is 20.5 Å². The molecule has 0 amide bonds. The van der Waals surface area contributed by atoms with Crippen molar-refractivity contribution >= 4 is 60.6 Å². The summed E-state index contributed by atoms with van der Waals surface area (Å²) in [5.41, 5.74) is 0.491. The second-order valence-corrected chi connectivity index (χ2v) is 7.40. The van der Waals surface area contributed by atoms with E-state index in [1.807, 2.05) is 5.38 Å². The van der Waals surface area contributed by atoms with Crippen LogP contribution in [0.2, 0.25) is 0 Å². The maximum atomic E-state index is 12.5. The first-order chi connectivity index (χ1) is 11.5. The molecule has 0 fully saturated rings. The van der Waals surface area contributed by atoms with Crippen molar-refractivity contribution in [2.75, 3.05) is 14.2 Å². The van der Waals surface area contributed by atoms with E-state index in [1.165, 1.54) is 36.9 Å². The van der Waals surface area contributed by atoms with Crippen molar-refractivity contribution in [2.45, 2.75) is 0 Å². The fourth-order valence-corrected chi connectivity index (χ4v) is 4.97. The second-order valence-electron chi connectivity index (χ2n) is 4.72. The number of carbonyl (C=O) groups is 2. The molecule has 24 heavy (non-hydrogen) atoms. The molecule has 0 saturated heterocycles. The van der Waals surface area contributed by atoms with Crippen molar-refractivity contribution in [3.05, 3.63) is 38.5 Å². The van der Waals surface area contributed by atoms with E-state index in [4.69, 9.17) is 9.47 Å². The van der Waals surface area contributed by atoms with Gasteiger partial charge < -0.3 is 14.6 Å². The average Bonchev–Trinajstić information content (AvgIpc) is 3.22. The molecule has 0 unspecified atom stereocenters. The Balaban J connectivity index is 2.55. The highest BCUT2D eigenvalue weighted by molar-refractivity contribution is 9.10. The molecule has 2 heterocycles. The van der Waals surface area contributed by atoms with Gasteiger partial charge in [-0.15, -0.1) is 22.7 Å². The van der Waals surface area contributed by atoms with Crippen molar-refractivity contribution in [3.63, 3.8) is 0 Å². The van der Waals surface area contributed by atoms with Gasteiger partial charge in [0, 0.05) is 15.4 Å². The predicted molar refractivity (Wildman–Crippen MR) is 97.2 cm³/mol. The lowest BCUT2D eigenvalue weighted by Crippen LogP contribution is -2.11. The molecule has 0 atom stereocenters. The molecule has 2 aromatic heterocycles. The zero-order valence-corrected chi connectivity index (χ0v) is 15.8. The van der Waals surface area contributed by atoms with Crippen molar-refractivity contribution in [1.29, 1.82) is 0 Å². The largest absolute Gasteiger partial charge is 0.506 e. The molecule has 124 valence electrons. The second kappa shape index (κ2) is 6.54. The van der Waals surface area contributed by atoms with Gasteiger partial charge in [-0.2, -0.15) is 0 Å². The van der Waals surface area contributed by atoms with Gasteiger partial charge in [0.25, 0.3) is 0 Å². The highest BCUT2D eigenvalue weighted by atomic mass is 79.9. The van der Waals surface area contributed by atoms with Crippen LogP contribution in [-0.2, 0) is 9.47 Å². The number of aromatic hydroxyl groups is 1. The van der Waals surface area contributed by atoms with E-state index in [-0.39, 0.29) is 16.9 Å². The molecular formula is C16H11BrO5S2. The Morgan fingerprint density at radius 1 is 1.04 bits per heavy atom. The number of carbonyl (C=O) groups excluding carboxylic acids is 2. The Labute approximate surface area is 153 Å². The maximum Gasteiger partial charge on any atom is 0.342 e. The molecule has 0 aliphatic carbocycles. The van der Waals surface area contributed by atoms with Crippen molar-refractivity contribution < 1.29 is 24.2 Å². The number of hydrogen-bond acceptors (Lipinski definition) is 7. The van der Waals surface area contributed by atoms with E-state index in [0.29, 0.717) is 25.0 Å². The van der Waals surface area contributed by atoms with Crippen LogP contribution in [0, 0.1) is 0 Å². The lowest BCUT2D eigenvalue weighted by atomic mass is 9.95. The zero-order chi connectivity index (χ0) is 17.4. The minimum atomic E-state index is -0.719. The van der Waals surface area contributed by atoms with E-state index < -0.39 is 11.9 Å². The number of hydrogen-bond donors (Lipinski definition) is 1. The van der Waals surface area contributed by atoms with Crippen LogP contribution in [0.4, 0.5) is 0 Å². The number of fused-ring (bicyclic) bond motifs is 1. The summed E-state index contributed by atoms with van der Waals surface area (Å²) in [5, 5.41) is 14.7. The van der Waals surface area contributed by atoms with E-state index in [0.717, 1.165) is 0 Å². The van der Waals surface area contributed by atoms with Crippen LogP contribution < -0.4 is 0 Å². The van der Waals surface area contributed by atoms with E-state index >= 15 is 0 Å². The standard InChI is InChI=1S/C16H11BrO5S2/c1-21-15(19)9-7-3-5-23-13(7)12(18)11(16(20)22-2)10(9)14-8(17)4-6-24-14/h3-6,18H,1-2H3. The average molecular weight is 427 g/mol. The van der Waals surface area contributed by atoms with Gasteiger partial charge in [0.2, 0.25) is 0 Å². The number of thiophene rings is 2. The highest BCUT2D eigenvalue weighted by Gasteiger charge is 2.31. The van der Waals surface area contributed by atoms with Gasteiger partial charge in [0.05, 0.1) is 29.4 Å². The number of halogens is 1. The SMILES string of the molecule is COC(=O)c1c(-c2sccc2Br)c(C(=O)OC)c2ccsc2c1O. The first-order valence-corrected chi connectivity index (χ1v) is 9.22. The Morgan fingerprint density at radius 2 is 1.67 bits per heavy atom. The van der Waals surface area contributed by atoms with Crippen molar-refractivity contribution in [2.24, 2.45) is 0 Å². The smallest absolute Gasteiger partial charge is 0.342 e. The molecule has 8 heteroatoms. The van der Waals surface area contributed by atoms with Gasteiger partial charge in [0.1, 0.15) is 11.3 Å². The molecule has 0 bridgehead atoms. The fourth-order valence-electron chi connectivity index (χ4n) is 2.50. The molecule has 0 saturated carbocycles. The van der Waals surface area contributed by atoms with Gasteiger partial charge in [0.15, 0.2) is 0 Å². The van der Waals surface area contributed by atoms with E-state index in [9.17, 15) is 14.7 Å². The van der Waals surface area contributed by atoms with Crippen LogP contribution in [0.5, 0.6) is 5.75 Å².